The van der Waals surface area contributed by atoms with Gasteiger partial charge in [-0.2, -0.15) is 0 Å². The van der Waals surface area contributed by atoms with Crippen LogP contribution >= 0.6 is 34.9 Å². The SMILES string of the molecule is CSc1cc2ncsc2cc1SC. The lowest BCUT2D eigenvalue weighted by Gasteiger charge is -2.03. The Hall–Kier alpha value is -0.190. The molecule has 0 saturated heterocycles. The monoisotopic (exact) mass is 227 g/mol. The van der Waals surface area contributed by atoms with Crippen LogP contribution in [0.1, 0.15) is 0 Å². The lowest BCUT2D eigenvalue weighted by molar-refractivity contribution is 1.28. The van der Waals surface area contributed by atoms with Crippen LogP contribution in [-0.4, -0.2) is 17.5 Å². The van der Waals surface area contributed by atoms with Crippen molar-refractivity contribution in [2.75, 3.05) is 12.5 Å². The van der Waals surface area contributed by atoms with E-state index in [2.05, 4.69) is 29.6 Å². The van der Waals surface area contributed by atoms with Crippen LogP contribution in [0.5, 0.6) is 0 Å². The third-order valence-corrected chi connectivity index (χ3v) is 4.31. The number of hydrogen-bond acceptors (Lipinski definition) is 4. The smallest absolute Gasteiger partial charge is 0.0823 e. The zero-order valence-corrected chi connectivity index (χ0v) is 9.85. The van der Waals surface area contributed by atoms with Gasteiger partial charge < -0.3 is 0 Å². The minimum absolute atomic E-state index is 1.12. The highest BCUT2D eigenvalue weighted by atomic mass is 32.2. The minimum atomic E-state index is 1.12. The van der Waals surface area contributed by atoms with Gasteiger partial charge in [0.05, 0.1) is 15.7 Å². The molecule has 1 nitrogen and oxygen atoms in total. The zero-order valence-electron chi connectivity index (χ0n) is 7.40. The molecule has 0 radical (unpaired) electrons. The fourth-order valence-electron chi connectivity index (χ4n) is 1.18. The molecule has 0 bridgehead atoms. The number of aromatic nitrogens is 1. The van der Waals surface area contributed by atoms with Gasteiger partial charge in [0.15, 0.2) is 0 Å². The second-order valence-electron chi connectivity index (χ2n) is 2.53. The molecule has 0 amide bonds. The molecule has 68 valence electrons. The first-order valence-electron chi connectivity index (χ1n) is 3.80. The van der Waals surface area contributed by atoms with Crippen LogP contribution in [0.4, 0.5) is 0 Å². The molecule has 1 heterocycles. The largest absolute Gasteiger partial charge is 0.245 e. The van der Waals surface area contributed by atoms with Crippen molar-refractivity contribution in [3.05, 3.63) is 17.6 Å². The molecule has 0 saturated carbocycles. The van der Waals surface area contributed by atoms with Gasteiger partial charge in [-0.25, -0.2) is 4.98 Å². The number of benzene rings is 1. The molecule has 0 fully saturated rings. The predicted octanol–water partition coefficient (Wildman–Crippen LogP) is 3.74. The Bertz CT molecular complexity index is 384. The summed E-state index contributed by atoms with van der Waals surface area (Å²) in [4.78, 5) is 6.97. The van der Waals surface area contributed by atoms with E-state index in [4.69, 9.17) is 0 Å². The molecule has 0 spiro atoms. The van der Waals surface area contributed by atoms with Crippen LogP contribution in [0.25, 0.3) is 10.2 Å². The van der Waals surface area contributed by atoms with E-state index in [9.17, 15) is 0 Å². The molecule has 0 aliphatic rings. The van der Waals surface area contributed by atoms with Crippen molar-refractivity contribution in [1.29, 1.82) is 0 Å². The summed E-state index contributed by atoms with van der Waals surface area (Å²) in [5.74, 6) is 0. The normalized spacial score (nSPS) is 10.9. The van der Waals surface area contributed by atoms with Crippen LogP contribution in [0.2, 0.25) is 0 Å². The van der Waals surface area contributed by atoms with Gasteiger partial charge in [0, 0.05) is 9.79 Å². The van der Waals surface area contributed by atoms with Gasteiger partial charge >= 0.3 is 0 Å². The van der Waals surface area contributed by atoms with Crippen LogP contribution in [0.3, 0.4) is 0 Å². The van der Waals surface area contributed by atoms with Crippen LogP contribution in [-0.2, 0) is 0 Å². The van der Waals surface area contributed by atoms with E-state index >= 15 is 0 Å². The Labute approximate surface area is 89.9 Å². The van der Waals surface area contributed by atoms with Crippen LogP contribution in [0, 0.1) is 0 Å². The van der Waals surface area contributed by atoms with Crippen LogP contribution < -0.4 is 0 Å². The second kappa shape index (κ2) is 3.90. The Morgan fingerprint density at radius 3 is 2.54 bits per heavy atom. The van der Waals surface area contributed by atoms with Crippen molar-refractivity contribution in [2.45, 2.75) is 9.79 Å². The third-order valence-electron chi connectivity index (χ3n) is 1.84. The standard InChI is InChI=1S/C9H9NS3/c1-11-8-3-6-7(13-5-10-6)4-9(8)12-2/h3-5H,1-2H3. The highest BCUT2D eigenvalue weighted by Gasteiger charge is 2.04. The van der Waals surface area contributed by atoms with Crippen molar-refractivity contribution in [1.82, 2.24) is 4.98 Å². The third kappa shape index (κ3) is 1.71. The van der Waals surface area contributed by atoms with Crippen molar-refractivity contribution in [2.24, 2.45) is 0 Å². The number of hydrogen-bond donors (Lipinski definition) is 0. The van der Waals surface area contributed by atoms with Crippen molar-refractivity contribution in [3.63, 3.8) is 0 Å². The highest BCUT2D eigenvalue weighted by Crippen LogP contribution is 2.33. The number of thiazole rings is 1. The van der Waals surface area contributed by atoms with Crippen molar-refractivity contribution in [3.8, 4) is 0 Å². The first kappa shape index (κ1) is 9.37. The Morgan fingerprint density at radius 1 is 1.15 bits per heavy atom. The number of fused-ring (bicyclic) bond motifs is 1. The number of rotatable bonds is 2. The number of thioether (sulfide) groups is 2. The first-order chi connectivity index (χ1) is 6.35. The summed E-state index contributed by atoms with van der Waals surface area (Å²) in [6.07, 6.45) is 4.22. The summed E-state index contributed by atoms with van der Waals surface area (Å²) in [7, 11) is 0. The maximum atomic E-state index is 4.30. The maximum Gasteiger partial charge on any atom is 0.0823 e. The first-order valence-corrected chi connectivity index (χ1v) is 7.13. The summed E-state index contributed by atoms with van der Waals surface area (Å²) in [5, 5.41) is 0. The molecule has 1 aromatic heterocycles. The second-order valence-corrected chi connectivity index (χ2v) is 5.11. The average Bonchev–Trinajstić information content (AvgIpc) is 2.62. The summed E-state index contributed by atoms with van der Waals surface area (Å²) in [6, 6.07) is 4.39. The summed E-state index contributed by atoms with van der Waals surface area (Å²) < 4.78 is 1.28. The fraction of sp³-hybridized carbons (Fsp3) is 0.222. The topological polar surface area (TPSA) is 12.9 Å². The molecule has 1 aromatic carbocycles. The summed E-state index contributed by atoms with van der Waals surface area (Å²) in [5.41, 5.74) is 3.02. The molecule has 4 heteroatoms. The molecular formula is C9H9NS3. The van der Waals surface area contributed by atoms with E-state index < -0.39 is 0 Å². The predicted molar refractivity (Wildman–Crippen MR) is 63.2 cm³/mol. The Kier molecular flexibility index (Phi) is 2.81. The molecule has 0 unspecified atom stereocenters. The molecular weight excluding hydrogens is 218 g/mol. The van der Waals surface area contributed by atoms with E-state index in [-0.39, 0.29) is 0 Å². The van der Waals surface area contributed by atoms with E-state index in [1.165, 1.54) is 14.5 Å². The molecule has 0 atom stereocenters. The average molecular weight is 227 g/mol. The quantitative estimate of drug-likeness (QED) is 0.725. The Morgan fingerprint density at radius 2 is 1.85 bits per heavy atom. The molecule has 2 rings (SSSR count). The van der Waals surface area contributed by atoms with Gasteiger partial charge in [-0.15, -0.1) is 34.9 Å². The molecule has 13 heavy (non-hydrogen) atoms. The summed E-state index contributed by atoms with van der Waals surface area (Å²) >= 11 is 5.28. The van der Waals surface area contributed by atoms with Gasteiger partial charge in [0.25, 0.3) is 0 Å². The van der Waals surface area contributed by atoms with Gasteiger partial charge in [0.2, 0.25) is 0 Å². The van der Waals surface area contributed by atoms with Crippen LogP contribution in [0.15, 0.2) is 27.4 Å². The van der Waals surface area contributed by atoms with Crippen molar-refractivity contribution >= 4 is 45.1 Å². The van der Waals surface area contributed by atoms with E-state index in [1.54, 1.807) is 34.9 Å². The fourth-order valence-corrected chi connectivity index (χ4v) is 3.44. The zero-order chi connectivity index (χ0) is 9.26. The molecule has 2 aromatic rings. The van der Waals surface area contributed by atoms with Crippen molar-refractivity contribution < 1.29 is 0 Å². The van der Waals surface area contributed by atoms with Gasteiger partial charge in [-0.3, -0.25) is 0 Å². The lowest BCUT2D eigenvalue weighted by atomic mass is 10.3. The van der Waals surface area contributed by atoms with E-state index in [0.29, 0.717) is 0 Å². The summed E-state index contributed by atoms with van der Waals surface area (Å²) in [6.45, 7) is 0. The Balaban J connectivity index is 2.67. The van der Waals surface area contributed by atoms with Gasteiger partial charge in [-0.1, -0.05) is 0 Å². The van der Waals surface area contributed by atoms with Gasteiger partial charge in [0.1, 0.15) is 0 Å². The maximum absolute atomic E-state index is 4.30. The van der Waals surface area contributed by atoms with Gasteiger partial charge in [-0.05, 0) is 24.6 Å². The molecule has 0 aliphatic carbocycles. The molecule has 0 aliphatic heterocycles. The highest BCUT2D eigenvalue weighted by molar-refractivity contribution is 8.01. The minimum Gasteiger partial charge on any atom is -0.245 e. The molecule has 0 N–H and O–H groups in total. The van der Waals surface area contributed by atoms with E-state index in [1.807, 2.05) is 5.51 Å². The number of nitrogens with zero attached hydrogens (tertiary/aromatic N) is 1. The lowest BCUT2D eigenvalue weighted by Crippen LogP contribution is -1.77. The van der Waals surface area contributed by atoms with E-state index in [0.717, 1.165) is 5.52 Å².